The molecule has 5 nitrogen and oxygen atoms in total. The van der Waals surface area contributed by atoms with E-state index in [0.717, 1.165) is 44.7 Å². The number of aromatic nitrogens is 1. The number of fused-ring (bicyclic) bond motifs is 4. The van der Waals surface area contributed by atoms with Gasteiger partial charge in [0.25, 0.3) is 0 Å². The smallest absolute Gasteiger partial charge is 0.309 e. The summed E-state index contributed by atoms with van der Waals surface area (Å²) in [5.74, 6) is -0.0209. The van der Waals surface area contributed by atoms with E-state index in [9.17, 15) is 14.3 Å². The molecule has 4 aromatic carbocycles. The number of carbonyl (C=O) groups excluding carboxylic acids is 1. The van der Waals surface area contributed by atoms with Crippen molar-refractivity contribution < 1.29 is 23.8 Å². The summed E-state index contributed by atoms with van der Waals surface area (Å²) in [7, 11) is 0. The van der Waals surface area contributed by atoms with Crippen LogP contribution in [-0.2, 0) is 33.6 Å². The second-order valence-corrected chi connectivity index (χ2v) is 12.9. The summed E-state index contributed by atoms with van der Waals surface area (Å²) in [4.78, 5) is 13.2. The molecule has 0 saturated heterocycles. The van der Waals surface area contributed by atoms with Crippen molar-refractivity contribution in [2.45, 2.75) is 63.3 Å². The highest BCUT2D eigenvalue weighted by Crippen LogP contribution is 2.61. The summed E-state index contributed by atoms with van der Waals surface area (Å²) in [6.07, 6.45) is 1.05. The Morgan fingerprint density at radius 2 is 1.48 bits per heavy atom. The number of aliphatic hydroxyl groups is 1. The molecule has 44 heavy (non-hydrogen) atoms. The van der Waals surface area contributed by atoms with Crippen molar-refractivity contribution in [3.63, 3.8) is 0 Å². The van der Waals surface area contributed by atoms with Gasteiger partial charge in [0.1, 0.15) is 24.8 Å². The molecule has 2 aliphatic rings. The molecule has 6 heteroatoms. The number of benzene rings is 4. The molecule has 0 amide bonds. The van der Waals surface area contributed by atoms with Crippen LogP contribution < -0.4 is 4.74 Å². The Hall–Kier alpha value is -4.42. The average molecular weight is 590 g/mol. The Morgan fingerprint density at radius 1 is 0.841 bits per heavy atom. The molecular formula is C38H36FNO4. The molecule has 1 N–H and O–H groups in total. The van der Waals surface area contributed by atoms with E-state index in [4.69, 9.17) is 9.47 Å². The zero-order chi connectivity index (χ0) is 30.5. The summed E-state index contributed by atoms with van der Waals surface area (Å²) in [6.45, 7) is 4.78. The van der Waals surface area contributed by atoms with Gasteiger partial charge in [0, 0.05) is 27.6 Å². The fourth-order valence-electron chi connectivity index (χ4n) is 7.30. The molecule has 1 aromatic heterocycles. The predicted molar refractivity (Wildman–Crippen MR) is 168 cm³/mol. The Morgan fingerprint density at radius 3 is 2.14 bits per heavy atom. The molecule has 5 aromatic rings. The van der Waals surface area contributed by atoms with Crippen LogP contribution in [0.5, 0.6) is 5.75 Å². The molecular weight excluding hydrogens is 553 g/mol. The van der Waals surface area contributed by atoms with Crippen molar-refractivity contribution in [1.29, 1.82) is 0 Å². The van der Waals surface area contributed by atoms with Crippen LogP contribution in [0, 0.1) is 11.7 Å². The Balaban J connectivity index is 1.33. The van der Waals surface area contributed by atoms with E-state index >= 15 is 0 Å². The van der Waals surface area contributed by atoms with Crippen LogP contribution in [0.3, 0.4) is 0 Å². The van der Waals surface area contributed by atoms with Gasteiger partial charge in [-0.05, 0) is 72.4 Å². The normalized spacial score (nSPS) is 21.9. The SMILES string of the molecule is CC1(C)c2c(c3c(OCc4ccccc4)cccc3n2-c2ccc(F)cc2)C2(CC(C(=O)OCc3ccccc3)C2)CC1O. The number of ether oxygens (including phenoxy) is 2. The number of aliphatic hydroxyl groups excluding tert-OH is 1. The van der Waals surface area contributed by atoms with Gasteiger partial charge in [0.2, 0.25) is 0 Å². The van der Waals surface area contributed by atoms with Gasteiger partial charge in [-0.25, -0.2) is 4.39 Å². The van der Waals surface area contributed by atoms with E-state index in [1.165, 1.54) is 12.1 Å². The van der Waals surface area contributed by atoms with Crippen LogP contribution in [0.4, 0.5) is 4.39 Å². The minimum atomic E-state index is -0.645. The summed E-state index contributed by atoms with van der Waals surface area (Å²) >= 11 is 0. The lowest BCUT2D eigenvalue weighted by Gasteiger charge is -2.54. The first-order valence-corrected chi connectivity index (χ1v) is 15.3. The summed E-state index contributed by atoms with van der Waals surface area (Å²) in [6, 6.07) is 32.3. The molecule has 1 unspecified atom stereocenters. The fourth-order valence-corrected chi connectivity index (χ4v) is 7.30. The summed E-state index contributed by atoms with van der Waals surface area (Å²) in [5.41, 5.74) is 4.80. The lowest BCUT2D eigenvalue weighted by Crippen LogP contribution is -2.55. The molecule has 0 radical (unpaired) electrons. The number of rotatable bonds is 7. The first-order valence-electron chi connectivity index (χ1n) is 15.3. The second-order valence-electron chi connectivity index (χ2n) is 12.9. The standard InChI is InChI=1S/C38H36FNO4/c1-37(2)32(41)22-38(20-27(21-38)36(42)44-24-26-12-7-4-8-13-26)34-33-30(40(35(34)37)29-18-16-28(39)17-19-29)14-9-15-31(33)43-23-25-10-5-3-6-11-25/h3-19,27,32,41H,20-24H2,1-2H3. The Labute approximate surface area is 256 Å². The zero-order valence-corrected chi connectivity index (χ0v) is 25.0. The fraction of sp³-hybridized carbons (Fsp3) is 0.289. The molecule has 1 fully saturated rings. The molecule has 1 heterocycles. The quantitative estimate of drug-likeness (QED) is 0.197. The van der Waals surface area contributed by atoms with Gasteiger partial charge in [-0.3, -0.25) is 4.79 Å². The van der Waals surface area contributed by atoms with Gasteiger partial charge in [-0.1, -0.05) is 80.6 Å². The molecule has 1 saturated carbocycles. The van der Waals surface area contributed by atoms with E-state index in [1.54, 1.807) is 12.1 Å². The van der Waals surface area contributed by atoms with E-state index in [1.807, 2.05) is 72.8 Å². The van der Waals surface area contributed by atoms with E-state index < -0.39 is 16.9 Å². The number of esters is 1. The number of nitrogens with zero attached hydrogens (tertiary/aromatic N) is 1. The van der Waals surface area contributed by atoms with Gasteiger partial charge >= 0.3 is 5.97 Å². The van der Waals surface area contributed by atoms with E-state index in [-0.39, 0.29) is 24.3 Å². The van der Waals surface area contributed by atoms with Crippen molar-refractivity contribution in [3.8, 4) is 11.4 Å². The third kappa shape index (κ3) is 4.78. The highest BCUT2D eigenvalue weighted by molar-refractivity contribution is 5.95. The van der Waals surface area contributed by atoms with Crippen molar-refractivity contribution in [2.24, 2.45) is 5.92 Å². The van der Waals surface area contributed by atoms with E-state index in [2.05, 4.69) is 24.5 Å². The van der Waals surface area contributed by atoms with Gasteiger partial charge in [0.15, 0.2) is 0 Å². The number of carbonyl (C=O) groups is 1. The third-order valence-electron chi connectivity index (χ3n) is 9.67. The molecule has 224 valence electrons. The maximum atomic E-state index is 14.1. The third-order valence-corrected chi connectivity index (χ3v) is 9.67. The number of hydrogen-bond donors (Lipinski definition) is 1. The highest BCUT2D eigenvalue weighted by Gasteiger charge is 2.58. The van der Waals surface area contributed by atoms with Crippen molar-refractivity contribution >= 4 is 16.9 Å². The van der Waals surface area contributed by atoms with E-state index in [0.29, 0.717) is 25.9 Å². The lowest BCUT2D eigenvalue weighted by molar-refractivity contribution is -0.157. The van der Waals surface area contributed by atoms with Crippen LogP contribution in [0.15, 0.2) is 103 Å². The maximum absolute atomic E-state index is 14.1. The molecule has 2 aliphatic carbocycles. The molecule has 0 bridgehead atoms. The minimum absolute atomic E-state index is 0.205. The van der Waals surface area contributed by atoms with Crippen molar-refractivity contribution in [3.05, 3.63) is 131 Å². The van der Waals surface area contributed by atoms with Gasteiger partial charge in [-0.15, -0.1) is 0 Å². The lowest BCUT2D eigenvalue weighted by atomic mass is 9.50. The Bertz CT molecular complexity index is 1810. The van der Waals surface area contributed by atoms with Gasteiger partial charge in [-0.2, -0.15) is 0 Å². The minimum Gasteiger partial charge on any atom is -0.488 e. The Kier molecular flexibility index (Phi) is 7.05. The van der Waals surface area contributed by atoms with Crippen LogP contribution in [0.25, 0.3) is 16.6 Å². The predicted octanol–water partition coefficient (Wildman–Crippen LogP) is 7.78. The number of halogens is 1. The van der Waals surface area contributed by atoms with Gasteiger partial charge in [0.05, 0.1) is 17.5 Å². The van der Waals surface area contributed by atoms with Crippen LogP contribution in [0.2, 0.25) is 0 Å². The maximum Gasteiger partial charge on any atom is 0.309 e. The molecule has 7 rings (SSSR count). The monoisotopic (exact) mass is 589 g/mol. The summed E-state index contributed by atoms with van der Waals surface area (Å²) < 4.78 is 28.5. The largest absolute Gasteiger partial charge is 0.488 e. The molecule has 1 atom stereocenters. The summed E-state index contributed by atoms with van der Waals surface area (Å²) in [5, 5.41) is 12.7. The van der Waals surface area contributed by atoms with Gasteiger partial charge < -0.3 is 19.1 Å². The van der Waals surface area contributed by atoms with Crippen molar-refractivity contribution in [2.75, 3.05) is 0 Å². The zero-order valence-electron chi connectivity index (χ0n) is 25.0. The average Bonchev–Trinajstić information content (AvgIpc) is 3.38. The van der Waals surface area contributed by atoms with Crippen LogP contribution in [-0.4, -0.2) is 21.7 Å². The first kappa shape index (κ1) is 28.4. The number of hydrogen-bond acceptors (Lipinski definition) is 4. The van der Waals surface area contributed by atoms with Crippen molar-refractivity contribution in [1.82, 2.24) is 4.57 Å². The first-order chi connectivity index (χ1) is 21.3. The molecule has 1 spiro atoms. The second kappa shape index (κ2) is 10.9. The highest BCUT2D eigenvalue weighted by atomic mass is 19.1. The molecule has 0 aliphatic heterocycles. The topological polar surface area (TPSA) is 60.7 Å². The van der Waals surface area contributed by atoms with Crippen LogP contribution in [0.1, 0.15) is 55.5 Å². The van der Waals surface area contributed by atoms with Crippen LogP contribution >= 0.6 is 0 Å².